The Balaban J connectivity index is 0.974. The lowest BCUT2D eigenvalue weighted by molar-refractivity contribution is 0.0198. The number of piperidine rings is 1. The molecule has 0 bridgehead atoms. The minimum absolute atomic E-state index is 0.150. The third-order valence-corrected chi connectivity index (χ3v) is 7.78. The highest BCUT2D eigenvalue weighted by Crippen LogP contribution is 2.31. The molecule has 2 saturated heterocycles. The lowest BCUT2D eigenvalue weighted by Gasteiger charge is -2.47. The molecule has 2 aliphatic rings. The number of amides is 1. The van der Waals surface area contributed by atoms with Crippen molar-refractivity contribution in [3.8, 4) is 11.3 Å². The van der Waals surface area contributed by atoms with Crippen molar-refractivity contribution in [1.82, 2.24) is 34.5 Å². The Morgan fingerprint density at radius 2 is 1.75 bits per heavy atom. The fourth-order valence-corrected chi connectivity index (χ4v) is 5.73. The van der Waals surface area contributed by atoms with Crippen molar-refractivity contribution in [2.75, 3.05) is 26.2 Å². The first-order valence-corrected chi connectivity index (χ1v) is 12.6. The lowest BCUT2D eigenvalue weighted by atomic mass is 9.96. The van der Waals surface area contributed by atoms with Crippen LogP contribution >= 0.6 is 0 Å². The zero-order valence-electron chi connectivity index (χ0n) is 19.9. The highest BCUT2D eigenvalue weighted by atomic mass is 16.2. The molecule has 7 rings (SSSR count). The van der Waals surface area contributed by atoms with Crippen molar-refractivity contribution in [3.63, 3.8) is 0 Å². The van der Waals surface area contributed by atoms with E-state index in [4.69, 9.17) is 0 Å². The summed E-state index contributed by atoms with van der Waals surface area (Å²) >= 11 is 0. The van der Waals surface area contributed by atoms with Crippen molar-refractivity contribution in [2.24, 2.45) is 0 Å². The number of nitrogens with one attached hydrogen (secondary N) is 1. The average molecular weight is 478 g/mol. The Hall–Kier alpha value is -4.04. The number of rotatable bonds is 4. The zero-order valence-corrected chi connectivity index (χ0v) is 19.9. The molecule has 0 aliphatic carbocycles. The van der Waals surface area contributed by atoms with E-state index in [1.807, 2.05) is 53.7 Å². The molecule has 1 amide bonds. The van der Waals surface area contributed by atoms with Gasteiger partial charge in [0.05, 0.1) is 17.9 Å². The number of aromatic amines is 1. The molecule has 180 valence electrons. The fourth-order valence-electron chi connectivity index (χ4n) is 5.73. The highest BCUT2D eigenvalue weighted by molar-refractivity contribution is 6.07. The molecule has 5 heterocycles. The van der Waals surface area contributed by atoms with Crippen molar-refractivity contribution in [3.05, 3.63) is 79.0 Å². The maximum absolute atomic E-state index is 13.3. The Kier molecular flexibility index (Phi) is 5.06. The van der Waals surface area contributed by atoms with Crippen LogP contribution in [-0.2, 0) is 0 Å². The second kappa shape index (κ2) is 8.57. The molecule has 0 unspecified atom stereocenters. The summed E-state index contributed by atoms with van der Waals surface area (Å²) in [7, 11) is 0. The van der Waals surface area contributed by atoms with E-state index in [9.17, 15) is 4.79 Å². The number of nitrogens with zero attached hydrogens (tertiary/aromatic N) is 6. The van der Waals surface area contributed by atoms with Gasteiger partial charge in [-0.1, -0.05) is 36.4 Å². The maximum atomic E-state index is 13.3. The SMILES string of the molecule is O=C(c1cccc2ccccc12)N1CCC(N2CC(n3cc(-c4ncnc5[nH]ccc45)cn3)C2)CC1. The molecule has 3 aromatic heterocycles. The third-order valence-electron chi connectivity index (χ3n) is 7.78. The van der Waals surface area contributed by atoms with Crippen molar-refractivity contribution >= 4 is 27.7 Å². The molecule has 2 fully saturated rings. The van der Waals surface area contributed by atoms with Gasteiger partial charge < -0.3 is 9.88 Å². The van der Waals surface area contributed by atoms with Gasteiger partial charge in [-0.3, -0.25) is 14.4 Å². The van der Waals surface area contributed by atoms with Gasteiger partial charge in [-0.2, -0.15) is 5.10 Å². The van der Waals surface area contributed by atoms with Gasteiger partial charge in [0.1, 0.15) is 12.0 Å². The molecule has 8 nitrogen and oxygen atoms in total. The van der Waals surface area contributed by atoms with Crippen LogP contribution in [0.5, 0.6) is 0 Å². The second-order valence-electron chi connectivity index (χ2n) is 9.83. The molecule has 0 spiro atoms. The van der Waals surface area contributed by atoms with E-state index in [1.165, 1.54) is 0 Å². The van der Waals surface area contributed by atoms with E-state index in [2.05, 4.69) is 48.0 Å². The standard InChI is InChI=1S/C28H27N7O/c36-28(24-7-3-5-19-4-1-2-6-23(19)24)33-12-9-21(10-13-33)34-16-22(17-34)35-15-20(14-32-35)26-25-8-11-29-27(25)31-18-30-26/h1-8,11,14-15,18,21-22H,9-10,12-13,16-17H2,(H,29,30,31). The Bertz CT molecular complexity index is 1550. The van der Waals surface area contributed by atoms with Crippen molar-refractivity contribution in [2.45, 2.75) is 24.9 Å². The van der Waals surface area contributed by atoms with E-state index >= 15 is 0 Å². The first-order valence-electron chi connectivity index (χ1n) is 12.6. The van der Waals surface area contributed by atoms with Crippen LogP contribution in [0.25, 0.3) is 33.1 Å². The number of carbonyl (C=O) groups is 1. The first-order chi connectivity index (χ1) is 17.7. The number of likely N-dealkylation sites (tertiary alicyclic amines) is 2. The van der Waals surface area contributed by atoms with Crippen LogP contribution in [0.1, 0.15) is 29.2 Å². The molecular formula is C28H27N7O. The summed E-state index contributed by atoms with van der Waals surface area (Å²) in [5.41, 5.74) is 3.58. The van der Waals surface area contributed by atoms with E-state index in [1.54, 1.807) is 6.33 Å². The minimum atomic E-state index is 0.150. The number of carbonyl (C=O) groups excluding carboxylic acids is 1. The van der Waals surface area contributed by atoms with Crippen LogP contribution in [0.4, 0.5) is 0 Å². The number of hydrogen-bond donors (Lipinski definition) is 1. The minimum Gasteiger partial charge on any atom is -0.346 e. The van der Waals surface area contributed by atoms with E-state index in [0.717, 1.165) is 77.6 Å². The number of aromatic nitrogens is 5. The smallest absolute Gasteiger partial charge is 0.254 e. The molecular weight excluding hydrogens is 450 g/mol. The van der Waals surface area contributed by atoms with Gasteiger partial charge in [-0.15, -0.1) is 0 Å². The number of benzene rings is 2. The predicted octanol–water partition coefficient (Wildman–Crippen LogP) is 4.14. The van der Waals surface area contributed by atoms with Crippen LogP contribution in [0.15, 0.2) is 73.4 Å². The largest absolute Gasteiger partial charge is 0.346 e. The topological polar surface area (TPSA) is 82.9 Å². The first kappa shape index (κ1) is 21.3. The fraction of sp³-hybridized carbons (Fsp3) is 0.286. The predicted molar refractivity (Wildman–Crippen MR) is 139 cm³/mol. The van der Waals surface area contributed by atoms with Gasteiger partial charge in [-0.25, -0.2) is 9.97 Å². The molecule has 0 radical (unpaired) electrons. The monoisotopic (exact) mass is 477 g/mol. The maximum Gasteiger partial charge on any atom is 0.254 e. The van der Waals surface area contributed by atoms with Gasteiger partial charge in [-0.05, 0) is 35.7 Å². The molecule has 8 heteroatoms. The molecule has 5 aromatic rings. The van der Waals surface area contributed by atoms with Gasteiger partial charge >= 0.3 is 0 Å². The van der Waals surface area contributed by atoms with Gasteiger partial charge in [0.2, 0.25) is 0 Å². The average Bonchev–Trinajstić information content (AvgIpc) is 3.58. The Morgan fingerprint density at radius 3 is 2.64 bits per heavy atom. The normalized spacial score (nSPS) is 17.6. The van der Waals surface area contributed by atoms with E-state index in [-0.39, 0.29) is 5.91 Å². The number of fused-ring (bicyclic) bond motifs is 2. The molecule has 1 N–H and O–H groups in total. The van der Waals surface area contributed by atoms with Crippen LogP contribution in [-0.4, -0.2) is 72.7 Å². The van der Waals surface area contributed by atoms with Crippen LogP contribution < -0.4 is 0 Å². The molecule has 0 saturated carbocycles. The van der Waals surface area contributed by atoms with Crippen molar-refractivity contribution in [1.29, 1.82) is 0 Å². The summed E-state index contributed by atoms with van der Waals surface area (Å²) in [6.07, 6.45) is 9.50. The Labute approximate surface area is 208 Å². The van der Waals surface area contributed by atoms with Crippen molar-refractivity contribution < 1.29 is 4.79 Å². The van der Waals surface area contributed by atoms with Gasteiger partial charge in [0.25, 0.3) is 5.91 Å². The summed E-state index contributed by atoms with van der Waals surface area (Å²) in [6.45, 7) is 3.60. The molecule has 36 heavy (non-hydrogen) atoms. The molecule has 0 atom stereocenters. The van der Waals surface area contributed by atoms with Gasteiger partial charge in [0.15, 0.2) is 0 Å². The summed E-state index contributed by atoms with van der Waals surface area (Å²) < 4.78 is 2.07. The summed E-state index contributed by atoms with van der Waals surface area (Å²) in [5, 5.41) is 7.81. The van der Waals surface area contributed by atoms with Crippen LogP contribution in [0, 0.1) is 0 Å². The van der Waals surface area contributed by atoms with E-state index in [0.29, 0.717) is 12.1 Å². The highest BCUT2D eigenvalue weighted by Gasteiger charge is 2.36. The van der Waals surface area contributed by atoms with E-state index < -0.39 is 0 Å². The zero-order chi connectivity index (χ0) is 24.1. The quantitative estimate of drug-likeness (QED) is 0.421. The lowest BCUT2D eigenvalue weighted by Crippen LogP contribution is -2.56. The van der Waals surface area contributed by atoms with Gasteiger partial charge in [0, 0.05) is 61.1 Å². The molecule has 2 aromatic carbocycles. The third kappa shape index (κ3) is 3.56. The molecule has 2 aliphatic heterocycles. The second-order valence-corrected chi connectivity index (χ2v) is 9.83. The number of hydrogen-bond acceptors (Lipinski definition) is 5. The summed E-state index contributed by atoms with van der Waals surface area (Å²) in [5.74, 6) is 0.150. The van der Waals surface area contributed by atoms with Crippen LogP contribution in [0.2, 0.25) is 0 Å². The summed E-state index contributed by atoms with van der Waals surface area (Å²) in [4.78, 5) is 29.8. The van der Waals surface area contributed by atoms with Crippen LogP contribution in [0.3, 0.4) is 0 Å². The summed E-state index contributed by atoms with van der Waals surface area (Å²) in [6, 6.07) is 17.0. The Morgan fingerprint density at radius 1 is 0.917 bits per heavy atom. The number of H-pyrrole nitrogens is 1.